The average molecular weight is 585 g/mol. The minimum absolute atomic E-state index is 0.128. The maximum atomic E-state index is 13.3. The molecule has 4 N–H and O–H groups in total. The Labute approximate surface area is 246 Å². The van der Waals surface area contributed by atoms with Gasteiger partial charge in [-0.15, -0.1) is 0 Å². The van der Waals surface area contributed by atoms with Gasteiger partial charge in [-0.1, -0.05) is 38.8 Å². The van der Waals surface area contributed by atoms with Crippen LogP contribution in [0.4, 0.5) is 0 Å². The number of hydrogen-bond donors (Lipinski definition) is 2. The van der Waals surface area contributed by atoms with E-state index in [-0.39, 0.29) is 25.2 Å². The van der Waals surface area contributed by atoms with Gasteiger partial charge in [-0.25, -0.2) is 14.6 Å². The van der Waals surface area contributed by atoms with Crippen LogP contribution in [0.3, 0.4) is 0 Å². The highest BCUT2D eigenvalue weighted by Crippen LogP contribution is 2.17. The predicted molar refractivity (Wildman–Crippen MR) is 159 cm³/mol. The highest BCUT2D eigenvalue weighted by Gasteiger charge is 2.26. The van der Waals surface area contributed by atoms with E-state index >= 15 is 0 Å². The highest BCUT2D eigenvalue weighted by atomic mass is 16.6. The van der Waals surface area contributed by atoms with E-state index in [4.69, 9.17) is 30.7 Å². The van der Waals surface area contributed by atoms with Crippen LogP contribution in [0, 0.1) is 0 Å². The normalized spacial score (nSPS) is 12.8. The van der Waals surface area contributed by atoms with Gasteiger partial charge in [-0.3, -0.25) is 14.0 Å². The Bertz CT molecular complexity index is 1380. The highest BCUT2D eigenvalue weighted by molar-refractivity contribution is 5.90. The van der Waals surface area contributed by atoms with Crippen molar-refractivity contribution in [3.63, 3.8) is 0 Å². The number of aromatic nitrogens is 4. The molecule has 0 fully saturated rings. The number of unbranched alkanes of at least 4 members (excludes halogenated alkanes) is 1. The van der Waals surface area contributed by atoms with E-state index in [9.17, 15) is 14.4 Å². The van der Waals surface area contributed by atoms with Gasteiger partial charge in [-0.05, 0) is 50.4 Å². The van der Waals surface area contributed by atoms with E-state index in [1.807, 2.05) is 19.1 Å². The molecular formula is C30H44N6O6. The fraction of sp³-hybridized carbons (Fsp3) is 0.567. The summed E-state index contributed by atoms with van der Waals surface area (Å²) in [5.41, 5.74) is 14.0. The van der Waals surface area contributed by atoms with E-state index in [0.29, 0.717) is 55.0 Å². The van der Waals surface area contributed by atoms with Crippen molar-refractivity contribution in [2.24, 2.45) is 18.5 Å². The largest absolute Gasteiger partial charge is 0.492 e. The zero-order valence-electron chi connectivity index (χ0n) is 25.1. The molecule has 0 spiro atoms. The second-order valence-electron chi connectivity index (χ2n) is 10.1. The van der Waals surface area contributed by atoms with Crippen LogP contribution >= 0.6 is 0 Å². The van der Waals surface area contributed by atoms with Crippen LogP contribution < -0.4 is 21.8 Å². The van der Waals surface area contributed by atoms with Crippen molar-refractivity contribution in [1.82, 2.24) is 19.3 Å². The third kappa shape index (κ3) is 8.46. The van der Waals surface area contributed by atoms with Gasteiger partial charge in [0.05, 0.1) is 12.2 Å². The predicted octanol–water partition coefficient (Wildman–Crippen LogP) is 2.20. The summed E-state index contributed by atoms with van der Waals surface area (Å²) < 4.78 is 19.8. The Kier molecular flexibility index (Phi) is 12.6. The van der Waals surface area contributed by atoms with Crippen LogP contribution in [0.25, 0.3) is 11.0 Å². The van der Waals surface area contributed by atoms with Crippen molar-refractivity contribution in [3.8, 4) is 5.75 Å². The fourth-order valence-electron chi connectivity index (χ4n) is 4.73. The van der Waals surface area contributed by atoms with Gasteiger partial charge in [0.1, 0.15) is 29.7 Å². The van der Waals surface area contributed by atoms with Gasteiger partial charge in [0.2, 0.25) is 0 Å². The minimum atomic E-state index is -0.950. The lowest BCUT2D eigenvalue weighted by Crippen LogP contribution is -2.38. The molecule has 0 aliphatic rings. The first kappa shape index (κ1) is 32.9. The number of benzene rings is 1. The van der Waals surface area contributed by atoms with Crippen LogP contribution in [0.5, 0.6) is 5.75 Å². The molecule has 0 saturated heterocycles. The van der Waals surface area contributed by atoms with Crippen LogP contribution in [-0.4, -0.2) is 63.2 Å². The maximum Gasteiger partial charge on any atom is 0.343 e. The van der Waals surface area contributed by atoms with Gasteiger partial charge in [-0.2, -0.15) is 5.10 Å². The van der Waals surface area contributed by atoms with Crippen molar-refractivity contribution >= 4 is 23.0 Å². The number of fused-ring (bicyclic) bond motifs is 1. The number of hydrogen-bond acceptors (Lipinski definition) is 10. The van der Waals surface area contributed by atoms with Crippen molar-refractivity contribution in [2.75, 3.05) is 19.8 Å². The number of nitrogens with two attached hydrogens (primary N) is 2. The molecular weight excluding hydrogens is 540 g/mol. The summed E-state index contributed by atoms with van der Waals surface area (Å²) in [5, 5.41) is 4.52. The first-order chi connectivity index (χ1) is 20.2. The lowest BCUT2D eigenvalue weighted by atomic mass is 10.1. The molecule has 1 unspecified atom stereocenters. The summed E-state index contributed by atoms with van der Waals surface area (Å²) in [6.07, 6.45) is 3.38. The zero-order chi connectivity index (χ0) is 30.6. The molecule has 0 amide bonds. The third-order valence-electron chi connectivity index (χ3n) is 6.93. The monoisotopic (exact) mass is 584 g/mol. The molecule has 12 heteroatoms. The summed E-state index contributed by atoms with van der Waals surface area (Å²) in [5.74, 6) is -0.233. The van der Waals surface area contributed by atoms with Crippen LogP contribution in [0.15, 0.2) is 29.1 Å². The molecule has 12 nitrogen and oxygen atoms in total. The molecule has 0 aliphatic heterocycles. The zero-order valence-corrected chi connectivity index (χ0v) is 25.1. The molecule has 3 rings (SSSR count). The standard InChI is InChI=1S/C30H44N6O6/c1-5-10-23-26-27(35(4)34-23)28(37)36(25(6-2)33-26)17-18-41-21-14-12-20(13-15-21)19-24(40-7-3)30(39)42-29(38)22(32)11-8-9-16-31/h12-15,22,24H,5-11,16-19,31-32H2,1-4H3/t22-,24?/m0/s1. The van der Waals surface area contributed by atoms with Gasteiger partial charge in [0.15, 0.2) is 11.6 Å². The molecule has 230 valence electrons. The number of nitrogens with zero attached hydrogens (tertiary/aromatic N) is 4. The van der Waals surface area contributed by atoms with Gasteiger partial charge < -0.3 is 25.7 Å². The van der Waals surface area contributed by atoms with Crippen molar-refractivity contribution in [3.05, 3.63) is 51.7 Å². The molecule has 2 heterocycles. The molecule has 1 aromatic carbocycles. The molecule has 42 heavy (non-hydrogen) atoms. The Morgan fingerprint density at radius 2 is 1.81 bits per heavy atom. The Balaban J connectivity index is 1.60. The number of aryl methyl sites for hydroxylation is 3. The SMILES string of the molecule is CCCc1nn(C)c2c(=O)n(CCOc3ccc(CC(OCC)C(=O)OC(=O)[C@@H](N)CCCCN)cc3)c(CC)nc12. The van der Waals surface area contributed by atoms with E-state index in [0.717, 1.165) is 30.5 Å². The maximum absolute atomic E-state index is 13.3. The van der Waals surface area contributed by atoms with E-state index in [1.165, 1.54) is 0 Å². The third-order valence-corrected chi connectivity index (χ3v) is 6.93. The number of esters is 2. The second-order valence-corrected chi connectivity index (χ2v) is 10.1. The molecule has 0 bridgehead atoms. The number of carbonyl (C=O) groups excluding carboxylic acids is 2. The second kappa shape index (κ2) is 16.1. The number of carbonyl (C=O) groups is 2. The van der Waals surface area contributed by atoms with E-state index < -0.39 is 24.1 Å². The Morgan fingerprint density at radius 1 is 1.07 bits per heavy atom. The molecule has 2 aromatic heterocycles. The van der Waals surface area contributed by atoms with Gasteiger partial charge in [0.25, 0.3) is 5.56 Å². The van der Waals surface area contributed by atoms with Gasteiger partial charge >= 0.3 is 11.9 Å². The lowest BCUT2D eigenvalue weighted by molar-refractivity contribution is -0.169. The van der Waals surface area contributed by atoms with Crippen LogP contribution in [-0.2, 0) is 51.9 Å². The molecule has 0 radical (unpaired) electrons. The quantitative estimate of drug-likeness (QED) is 0.136. The van der Waals surface area contributed by atoms with Crippen LogP contribution in [0.2, 0.25) is 0 Å². The fourth-order valence-corrected chi connectivity index (χ4v) is 4.73. The average Bonchev–Trinajstić information content (AvgIpc) is 3.29. The summed E-state index contributed by atoms with van der Waals surface area (Å²) in [6.45, 7) is 7.19. The molecule has 2 atom stereocenters. The Hall–Kier alpha value is -3.61. The summed E-state index contributed by atoms with van der Waals surface area (Å²) >= 11 is 0. The number of ether oxygens (including phenoxy) is 3. The van der Waals surface area contributed by atoms with Crippen molar-refractivity contribution < 1.29 is 23.8 Å². The van der Waals surface area contributed by atoms with E-state index in [2.05, 4.69) is 12.0 Å². The minimum Gasteiger partial charge on any atom is -0.492 e. The summed E-state index contributed by atoms with van der Waals surface area (Å²) in [4.78, 5) is 43.0. The van der Waals surface area contributed by atoms with Crippen molar-refractivity contribution in [2.45, 2.75) is 84.4 Å². The van der Waals surface area contributed by atoms with Crippen molar-refractivity contribution in [1.29, 1.82) is 0 Å². The molecule has 0 aliphatic carbocycles. The molecule has 0 saturated carbocycles. The van der Waals surface area contributed by atoms with Crippen LogP contribution in [0.1, 0.15) is 63.5 Å². The van der Waals surface area contributed by atoms with E-state index in [1.54, 1.807) is 35.4 Å². The lowest BCUT2D eigenvalue weighted by Gasteiger charge is -2.17. The summed E-state index contributed by atoms with van der Waals surface area (Å²) in [7, 11) is 1.77. The molecule has 3 aromatic rings. The summed E-state index contributed by atoms with van der Waals surface area (Å²) in [6, 6.07) is 6.31. The topological polar surface area (TPSA) is 167 Å². The smallest absolute Gasteiger partial charge is 0.343 e. The Morgan fingerprint density at radius 3 is 2.45 bits per heavy atom. The van der Waals surface area contributed by atoms with Gasteiger partial charge in [0, 0.05) is 26.5 Å². The first-order valence-corrected chi connectivity index (χ1v) is 14.7. The first-order valence-electron chi connectivity index (χ1n) is 14.7. The number of rotatable bonds is 17.